The summed E-state index contributed by atoms with van der Waals surface area (Å²) in [7, 11) is 1.57. The van der Waals surface area contributed by atoms with E-state index in [0.29, 0.717) is 12.2 Å². The average molecular weight is 290 g/mol. The number of benzene rings is 2. The van der Waals surface area contributed by atoms with E-state index < -0.39 is 11.6 Å². The van der Waals surface area contributed by atoms with Gasteiger partial charge in [0.05, 0.1) is 6.42 Å². The molecule has 2 rings (SSSR count). The minimum absolute atomic E-state index is 0.215. The molecule has 2 N–H and O–H groups in total. The fourth-order valence-corrected chi connectivity index (χ4v) is 1.97. The lowest BCUT2D eigenvalue weighted by atomic mass is 10.1. The van der Waals surface area contributed by atoms with Gasteiger partial charge in [0.15, 0.2) is 0 Å². The first kappa shape index (κ1) is 15.1. The zero-order chi connectivity index (χ0) is 15.4. The van der Waals surface area contributed by atoms with Crippen molar-refractivity contribution in [3.63, 3.8) is 0 Å². The normalized spacial score (nSPS) is 10.5. The molecule has 0 aliphatic carbocycles. The third kappa shape index (κ3) is 3.44. The van der Waals surface area contributed by atoms with E-state index in [0.717, 1.165) is 17.7 Å². The molecule has 0 saturated heterocycles. The summed E-state index contributed by atoms with van der Waals surface area (Å²) in [5, 5.41) is 0. The lowest BCUT2D eigenvalue weighted by molar-refractivity contribution is -0.117. The molecule has 2 aromatic rings. The fraction of sp³-hybridized carbons (Fsp3) is 0.188. The Kier molecular flexibility index (Phi) is 4.65. The predicted octanol–water partition coefficient (Wildman–Crippen LogP) is 2.63. The average Bonchev–Trinajstić information content (AvgIpc) is 2.50. The Balaban J connectivity index is 2.15. The van der Waals surface area contributed by atoms with Gasteiger partial charge in [-0.2, -0.15) is 0 Å². The molecule has 0 fully saturated rings. The van der Waals surface area contributed by atoms with Gasteiger partial charge in [-0.1, -0.05) is 18.2 Å². The minimum Gasteiger partial charge on any atom is -0.326 e. The van der Waals surface area contributed by atoms with Crippen LogP contribution in [0.4, 0.5) is 14.5 Å². The molecule has 0 atom stereocenters. The lowest BCUT2D eigenvalue weighted by Gasteiger charge is -2.18. The number of carbonyl (C=O) groups is 1. The number of hydrogen-bond donors (Lipinski definition) is 1. The highest BCUT2D eigenvalue weighted by Gasteiger charge is 2.17. The molecular weight excluding hydrogens is 274 g/mol. The molecule has 0 radical (unpaired) electrons. The van der Waals surface area contributed by atoms with E-state index >= 15 is 0 Å². The Bertz CT molecular complexity index is 621. The van der Waals surface area contributed by atoms with Crippen molar-refractivity contribution in [2.45, 2.75) is 13.0 Å². The van der Waals surface area contributed by atoms with Gasteiger partial charge in [0.2, 0.25) is 5.91 Å². The molecular formula is C16H16F2N2O. The number of carbonyl (C=O) groups excluding carboxylic acids is 1. The molecule has 0 aliphatic rings. The van der Waals surface area contributed by atoms with Crippen LogP contribution < -0.4 is 10.6 Å². The van der Waals surface area contributed by atoms with Crippen LogP contribution in [-0.4, -0.2) is 13.0 Å². The fourth-order valence-electron chi connectivity index (χ4n) is 1.97. The van der Waals surface area contributed by atoms with E-state index in [4.69, 9.17) is 5.73 Å². The molecule has 3 nitrogen and oxygen atoms in total. The second-order valence-electron chi connectivity index (χ2n) is 4.70. The van der Waals surface area contributed by atoms with Gasteiger partial charge in [0.1, 0.15) is 11.6 Å². The monoisotopic (exact) mass is 290 g/mol. The standard InChI is InChI=1S/C16H16F2N2O/c1-20(12-7-5-11(10-19)6-8-12)16(21)9-13-14(17)3-2-4-15(13)18/h2-8H,9-10,19H2,1H3. The number of halogens is 2. The number of rotatable bonds is 4. The van der Waals surface area contributed by atoms with E-state index in [1.165, 1.54) is 11.0 Å². The third-order valence-electron chi connectivity index (χ3n) is 3.32. The maximum Gasteiger partial charge on any atom is 0.231 e. The zero-order valence-electron chi connectivity index (χ0n) is 11.6. The second-order valence-corrected chi connectivity index (χ2v) is 4.70. The van der Waals surface area contributed by atoms with Crippen LogP contribution in [0.25, 0.3) is 0 Å². The van der Waals surface area contributed by atoms with Crippen LogP contribution in [0.1, 0.15) is 11.1 Å². The van der Waals surface area contributed by atoms with Gasteiger partial charge in [-0.25, -0.2) is 8.78 Å². The van der Waals surface area contributed by atoms with Gasteiger partial charge in [0.25, 0.3) is 0 Å². The molecule has 110 valence electrons. The molecule has 2 aromatic carbocycles. The summed E-state index contributed by atoms with van der Waals surface area (Å²) >= 11 is 0. The topological polar surface area (TPSA) is 46.3 Å². The smallest absolute Gasteiger partial charge is 0.231 e. The van der Waals surface area contributed by atoms with Crippen LogP contribution in [0.3, 0.4) is 0 Å². The Labute approximate surface area is 122 Å². The van der Waals surface area contributed by atoms with Gasteiger partial charge >= 0.3 is 0 Å². The summed E-state index contributed by atoms with van der Waals surface area (Å²) in [6, 6.07) is 10.7. The van der Waals surface area contributed by atoms with E-state index in [1.807, 2.05) is 12.1 Å². The Morgan fingerprint density at radius 1 is 1.10 bits per heavy atom. The highest BCUT2D eigenvalue weighted by Crippen LogP contribution is 2.17. The summed E-state index contributed by atoms with van der Waals surface area (Å²) in [4.78, 5) is 13.5. The molecule has 0 unspecified atom stereocenters. The van der Waals surface area contributed by atoms with Crippen LogP contribution in [0.5, 0.6) is 0 Å². The first-order valence-electron chi connectivity index (χ1n) is 6.51. The molecule has 21 heavy (non-hydrogen) atoms. The van der Waals surface area contributed by atoms with Gasteiger partial charge in [-0.15, -0.1) is 0 Å². The van der Waals surface area contributed by atoms with E-state index in [9.17, 15) is 13.6 Å². The van der Waals surface area contributed by atoms with E-state index in [-0.39, 0.29) is 17.9 Å². The van der Waals surface area contributed by atoms with Crippen LogP contribution in [0, 0.1) is 11.6 Å². The van der Waals surface area contributed by atoms with Gasteiger partial charge in [-0.3, -0.25) is 4.79 Å². The quantitative estimate of drug-likeness (QED) is 0.941. The molecule has 0 aromatic heterocycles. The summed E-state index contributed by atoms with van der Waals surface area (Å²) in [5.41, 5.74) is 6.88. The van der Waals surface area contributed by atoms with Gasteiger partial charge < -0.3 is 10.6 Å². The molecule has 1 amide bonds. The molecule has 0 heterocycles. The Morgan fingerprint density at radius 3 is 2.19 bits per heavy atom. The number of nitrogens with two attached hydrogens (primary N) is 1. The van der Waals surface area contributed by atoms with Crippen molar-refractivity contribution in [1.82, 2.24) is 0 Å². The summed E-state index contributed by atoms with van der Waals surface area (Å²) in [6.07, 6.45) is -0.326. The van der Waals surface area contributed by atoms with Crippen LogP contribution in [0.2, 0.25) is 0 Å². The number of nitrogens with zero attached hydrogens (tertiary/aromatic N) is 1. The Morgan fingerprint density at radius 2 is 1.67 bits per heavy atom. The molecule has 0 bridgehead atoms. The van der Waals surface area contributed by atoms with Gasteiger partial charge in [0, 0.05) is 24.8 Å². The number of likely N-dealkylation sites (N-methyl/N-ethyl adjacent to an activating group) is 1. The van der Waals surface area contributed by atoms with Crippen LogP contribution in [0.15, 0.2) is 42.5 Å². The summed E-state index contributed by atoms with van der Waals surface area (Å²) < 4.78 is 27.1. The van der Waals surface area contributed by atoms with Crippen molar-refractivity contribution in [3.8, 4) is 0 Å². The van der Waals surface area contributed by atoms with Crippen molar-refractivity contribution in [1.29, 1.82) is 0 Å². The zero-order valence-corrected chi connectivity index (χ0v) is 11.6. The first-order chi connectivity index (χ1) is 10.0. The third-order valence-corrected chi connectivity index (χ3v) is 3.32. The maximum absolute atomic E-state index is 13.6. The molecule has 0 aliphatic heterocycles. The first-order valence-corrected chi connectivity index (χ1v) is 6.51. The predicted molar refractivity (Wildman–Crippen MR) is 77.8 cm³/mol. The largest absolute Gasteiger partial charge is 0.326 e. The number of anilines is 1. The summed E-state index contributed by atoms with van der Waals surface area (Å²) in [6.45, 7) is 0.415. The Hall–Kier alpha value is -2.27. The van der Waals surface area contributed by atoms with Crippen LogP contribution >= 0.6 is 0 Å². The molecule has 0 spiro atoms. The summed E-state index contributed by atoms with van der Waals surface area (Å²) in [5.74, 6) is -1.81. The molecule has 5 heteroatoms. The lowest BCUT2D eigenvalue weighted by Crippen LogP contribution is -2.28. The highest BCUT2D eigenvalue weighted by atomic mass is 19.1. The van der Waals surface area contributed by atoms with Crippen molar-refractivity contribution >= 4 is 11.6 Å². The second kappa shape index (κ2) is 6.45. The van der Waals surface area contributed by atoms with Crippen molar-refractivity contribution in [3.05, 3.63) is 65.2 Å². The number of amides is 1. The van der Waals surface area contributed by atoms with E-state index in [1.54, 1.807) is 19.2 Å². The molecule has 0 saturated carbocycles. The van der Waals surface area contributed by atoms with Crippen LogP contribution in [-0.2, 0) is 17.8 Å². The SMILES string of the molecule is CN(C(=O)Cc1c(F)cccc1F)c1ccc(CN)cc1. The van der Waals surface area contributed by atoms with Crippen molar-refractivity contribution in [2.75, 3.05) is 11.9 Å². The van der Waals surface area contributed by atoms with Crippen molar-refractivity contribution in [2.24, 2.45) is 5.73 Å². The van der Waals surface area contributed by atoms with E-state index in [2.05, 4.69) is 0 Å². The number of hydrogen-bond acceptors (Lipinski definition) is 2. The van der Waals surface area contributed by atoms with Crippen molar-refractivity contribution < 1.29 is 13.6 Å². The minimum atomic E-state index is -0.713. The van der Waals surface area contributed by atoms with Gasteiger partial charge in [-0.05, 0) is 29.8 Å². The highest BCUT2D eigenvalue weighted by molar-refractivity contribution is 5.94. The maximum atomic E-state index is 13.6.